The van der Waals surface area contributed by atoms with Crippen molar-refractivity contribution in [1.82, 2.24) is 0 Å². The van der Waals surface area contributed by atoms with Crippen molar-refractivity contribution in [2.45, 2.75) is 0 Å². The Morgan fingerprint density at radius 2 is 1.60 bits per heavy atom. The first-order chi connectivity index (χ1) is 12.1. The molecule has 25 heavy (non-hydrogen) atoms. The van der Waals surface area contributed by atoms with Crippen LogP contribution in [0.5, 0.6) is 23.0 Å². The van der Waals surface area contributed by atoms with Crippen molar-refractivity contribution in [3.63, 3.8) is 0 Å². The smallest absolute Gasteiger partial charge is 0.338 e. The second-order valence-corrected chi connectivity index (χ2v) is 5.26. The van der Waals surface area contributed by atoms with E-state index in [9.17, 15) is 4.79 Å². The molecular formula is C18H19ClO6. The third-order valence-electron chi connectivity index (χ3n) is 3.31. The van der Waals surface area contributed by atoms with Gasteiger partial charge in [0.2, 0.25) is 0 Å². The Labute approximate surface area is 151 Å². The van der Waals surface area contributed by atoms with Crippen LogP contribution in [0.1, 0.15) is 10.4 Å². The summed E-state index contributed by atoms with van der Waals surface area (Å²) in [7, 11) is 4.53. The highest BCUT2D eigenvalue weighted by Gasteiger charge is 2.16. The molecule has 0 unspecified atom stereocenters. The molecule has 0 N–H and O–H groups in total. The van der Waals surface area contributed by atoms with Gasteiger partial charge < -0.3 is 23.7 Å². The number of methoxy groups -OCH3 is 3. The fraction of sp³-hybridized carbons (Fsp3) is 0.278. The zero-order chi connectivity index (χ0) is 18.2. The predicted molar refractivity (Wildman–Crippen MR) is 93.3 cm³/mol. The second-order valence-electron chi connectivity index (χ2n) is 4.85. The number of benzene rings is 2. The lowest BCUT2D eigenvalue weighted by molar-refractivity contribution is 0.0450. The van der Waals surface area contributed by atoms with E-state index >= 15 is 0 Å². The Hall–Kier alpha value is -2.60. The van der Waals surface area contributed by atoms with E-state index in [-0.39, 0.29) is 23.8 Å². The minimum absolute atomic E-state index is 0.0941. The summed E-state index contributed by atoms with van der Waals surface area (Å²) in [6.07, 6.45) is 0. The lowest BCUT2D eigenvalue weighted by Crippen LogP contribution is -2.12. The van der Waals surface area contributed by atoms with Crippen LogP contribution in [0.4, 0.5) is 0 Å². The molecule has 0 saturated heterocycles. The fourth-order valence-electron chi connectivity index (χ4n) is 2.08. The molecule has 0 fully saturated rings. The number of hydrogen-bond donors (Lipinski definition) is 0. The van der Waals surface area contributed by atoms with Crippen molar-refractivity contribution in [2.24, 2.45) is 0 Å². The van der Waals surface area contributed by atoms with Crippen molar-refractivity contribution in [1.29, 1.82) is 0 Å². The maximum atomic E-state index is 12.1. The fourth-order valence-corrected chi connectivity index (χ4v) is 2.37. The van der Waals surface area contributed by atoms with E-state index in [4.69, 9.17) is 35.3 Å². The van der Waals surface area contributed by atoms with Crippen LogP contribution in [0.2, 0.25) is 5.02 Å². The molecule has 0 atom stereocenters. The minimum atomic E-state index is -0.527. The Balaban J connectivity index is 1.88. The van der Waals surface area contributed by atoms with Crippen LogP contribution in [0.25, 0.3) is 0 Å². The monoisotopic (exact) mass is 366 g/mol. The summed E-state index contributed by atoms with van der Waals surface area (Å²) < 4.78 is 26.0. The number of hydrogen-bond acceptors (Lipinski definition) is 6. The Morgan fingerprint density at radius 3 is 2.20 bits per heavy atom. The van der Waals surface area contributed by atoms with Crippen LogP contribution < -0.4 is 18.9 Å². The summed E-state index contributed by atoms with van der Waals surface area (Å²) in [6.45, 7) is 0.315. The number of rotatable bonds is 8. The Kier molecular flexibility index (Phi) is 6.77. The standard InChI is InChI=1S/C18H19ClO6/c1-21-13-4-6-14(7-5-13)24-8-9-25-18(20)12-10-15(19)17(23-3)16(11-12)22-2/h4-7,10-11H,8-9H2,1-3H3. The molecule has 2 aromatic rings. The van der Waals surface area contributed by atoms with Crippen molar-refractivity contribution >= 4 is 17.6 Å². The molecule has 0 saturated carbocycles. The largest absolute Gasteiger partial charge is 0.497 e. The van der Waals surface area contributed by atoms with Gasteiger partial charge in [0.05, 0.1) is 31.9 Å². The van der Waals surface area contributed by atoms with Gasteiger partial charge in [-0.25, -0.2) is 4.79 Å². The summed E-state index contributed by atoms with van der Waals surface area (Å²) in [5.41, 5.74) is 0.270. The van der Waals surface area contributed by atoms with Gasteiger partial charge in [-0.3, -0.25) is 0 Å². The van der Waals surface area contributed by atoms with Crippen molar-refractivity contribution in [3.05, 3.63) is 47.0 Å². The van der Waals surface area contributed by atoms with Gasteiger partial charge in [-0.2, -0.15) is 0 Å². The van der Waals surface area contributed by atoms with E-state index < -0.39 is 5.97 Å². The molecule has 7 heteroatoms. The molecule has 134 valence electrons. The lowest BCUT2D eigenvalue weighted by atomic mass is 10.2. The highest BCUT2D eigenvalue weighted by Crippen LogP contribution is 2.36. The van der Waals surface area contributed by atoms with Crippen molar-refractivity contribution < 1.29 is 28.5 Å². The summed E-state index contributed by atoms with van der Waals surface area (Å²) in [5.74, 6) is 1.59. The average Bonchev–Trinajstić information content (AvgIpc) is 2.64. The molecule has 0 radical (unpaired) electrons. The molecule has 0 heterocycles. The first-order valence-electron chi connectivity index (χ1n) is 7.44. The number of carbonyl (C=O) groups excluding carboxylic acids is 1. The number of esters is 1. The molecule has 0 aliphatic carbocycles. The van der Waals surface area contributed by atoms with E-state index in [1.165, 1.54) is 26.4 Å². The normalized spacial score (nSPS) is 10.1. The van der Waals surface area contributed by atoms with E-state index in [2.05, 4.69) is 0 Å². The summed E-state index contributed by atoms with van der Waals surface area (Å²) in [4.78, 5) is 12.1. The van der Waals surface area contributed by atoms with E-state index in [1.54, 1.807) is 31.4 Å². The molecule has 6 nitrogen and oxygen atoms in total. The lowest BCUT2D eigenvalue weighted by Gasteiger charge is -2.12. The highest BCUT2D eigenvalue weighted by atomic mass is 35.5. The SMILES string of the molecule is COc1ccc(OCCOC(=O)c2cc(Cl)c(OC)c(OC)c2)cc1. The Morgan fingerprint density at radius 1 is 0.920 bits per heavy atom. The third kappa shape index (κ3) is 4.93. The third-order valence-corrected chi connectivity index (χ3v) is 3.59. The quantitative estimate of drug-likeness (QED) is 0.525. The second kappa shape index (κ2) is 9.03. The van der Waals surface area contributed by atoms with Gasteiger partial charge in [0, 0.05) is 0 Å². The van der Waals surface area contributed by atoms with Crippen LogP contribution in [0.15, 0.2) is 36.4 Å². The van der Waals surface area contributed by atoms with Gasteiger partial charge in [-0.15, -0.1) is 0 Å². The molecule has 2 rings (SSSR count). The van der Waals surface area contributed by atoms with Crippen molar-refractivity contribution in [3.8, 4) is 23.0 Å². The van der Waals surface area contributed by atoms with Gasteiger partial charge in [-0.1, -0.05) is 11.6 Å². The first-order valence-corrected chi connectivity index (χ1v) is 7.82. The highest BCUT2D eigenvalue weighted by molar-refractivity contribution is 6.32. The van der Waals surface area contributed by atoms with Gasteiger partial charge >= 0.3 is 5.97 Å². The maximum Gasteiger partial charge on any atom is 0.338 e. The molecule has 2 aromatic carbocycles. The zero-order valence-electron chi connectivity index (χ0n) is 14.2. The first kappa shape index (κ1) is 18.7. The average molecular weight is 367 g/mol. The summed E-state index contributed by atoms with van der Waals surface area (Å²) >= 11 is 6.08. The van der Waals surface area contributed by atoms with Gasteiger partial charge in [-0.05, 0) is 36.4 Å². The maximum absolute atomic E-state index is 12.1. The van der Waals surface area contributed by atoms with Gasteiger partial charge in [0.1, 0.15) is 24.7 Å². The van der Waals surface area contributed by atoms with Crippen molar-refractivity contribution in [2.75, 3.05) is 34.5 Å². The van der Waals surface area contributed by atoms with Crippen LogP contribution in [-0.4, -0.2) is 40.5 Å². The summed E-state index contributed by atoms with van der Waals surface area (Å²) in [6, 6.07) is 10.1. The number of halogens is 1. The van der Waals surface area contributed by atoms with E-state index in [1.807, 2.05) is 0 Å². The Bertz CT molecular complexity index is 714. The van der Waals surface area contributed by atoms with E-state index in [0.29, 0.717) is 17.2 Å². The molecule has 0 spiro atoms. The van der Waals surface area contributed by atoms with Gasteiger partial charge in [0.25, 0.3) is 0 Å². The van der Waals surface area contributed by atoms with Crippen LogP contribution >= 0.6 is 11.6 Å². The zero-order valence-corrected chi connectivity index (χ0v) is 15.0. The van der Waals surface area contributed by atoms with Crippen LogP contribution in [0, 0.1) is 0 Å². The van der Waals surface area contributed by atoms with Crippen LogP contribution in [0.3, 0.4) is 0 Å². The number of carbonyl (C=O) groups is 1. The molecule has 0 amide bonds. The van der Waals surface area contributed by atoms with E-state index in [0.717, 1.165) is 5.75 Å². The number of ether oxygens (including phenoxy) is 5. The van der Waals surface area contributed by atoms with Gasteiger partial charge in [0.15, 0.2) is 11.5 Å². The molecule has 0 aliphatic rings. The topological polar surface area (TPSA) is 63.2 Å². The minimum Gasteiger partial charge on any atom is -0.497 e. The van der Waals surface area contributed by atoms with Crippen LogP contribution in [-0.2, 0) is 4.74 Å². The summed E-state index contributed by atoms with van der Waals surface area (Å²) in [5, 5.41) is 0.267. The predicted octanol–water partition coefficient (Wildman–Crippen LogP) is 3.60. The molecular weight excluding hydrogens is 348 g/mol. The molecule has 0 aromatic heterocycles. The molecule has 0 bridgehead atoms. The molecule has 0 aliphatic heterocycles.